The summed E-state index contributed by atoms with van der Waals surface area (Å²) >= 11 is 0. The van der Waals surface area contributed by atoms with Gasteiger partial charge in [-0.25, -0.2) is 0 Å². The first-order valence-corrected chi connectivity index (χ1v) is 10.5. The molecule has 7 nitrogen and oxygen atoms in total. The van der Waals surface area contributed by atoms with Crippen LogP contribution in [0.5, 0.6) is 17.2 Å². The number of phenolic OH excluding ortho intramolecular Hbond substituents is 1. The summed E-state index contributed by atoms with van der Waals surface area (Å²) in [5.41, 5.74) is 0.989. The number of ether oxygens (including phenoxy) is 2. The van der Waals surface area contributed by atoms with Crippen LogP contribution in [0.1, 0.15) is 35.2 Å². The first-order valence-electron chi connectivity index (χ1n) is 10.5. The molecule has 3 N–H and O–H groups in total. The predicted octanol–water partition coefficient (Wildman–Crippen LogP) is 3.74. The van der Waals surface area contributed by atoms with Gasteiger partial charge in [-0.3, -0.25) is 9.59 Å². The summed E-state index contributed by atoms with van der Waals surface area (Å²) in [7, 11) is 0. The third-order valence-corrected chi connectivity index (χ3v) is 4.41. The average molecular weight is 439 g/mol. The minimum absolute atomic E-state index is 0.0222. The summed E-state index contributed by atoms with van der Waals surface area (Å²) in [5.74, 6) is -0.204. The molecule has 2 rings (SSSR count). The van der Waals surface area contributed by atoms with Crippen LogP contribution < -0.4 is 20.1 Å². The highest BCUT2D eigenvalue weighted by atomic mass is 16.5. The van der Waals surface area contributed by atoms with Gasteiger partial charge in [-0.05, 0) is 18.4 Å². The van der Waals surface area contributed by atoms with E-state index in [0.29, 0.717) is 38.2 Å². The number of carbonyl (C=O) groups is 2. The van der Waals surface area contributed by atoms with Crippen molar-refractivity contribution in [1.29, 1.82) is 0 Å². The fraction of sp³-hybridized carbons (Fsp3) is 0.280. The largest absolute Gasteiger partial charge is 0.507 e. The Kier molecular flexibility index (Phi) is 10.4. The Balaban J connectivity index is 2.05. The van der Waals surface area contributed by atoms with Crippen molar-refractivity contribution in [2.24, 2.45) is 0 Å². The van der Waals surface area contributed by atoms with Gasteiger partial charge in [-0.15, -0.1) is 13.2 Å². The Hall–Kier alpha value is -3.74. The number of nitrogens with one attached hydrogen (secondary N) is 2. The molecule has 0 bridgehead atoms. The van der Waals surface area contributed by atoms with Gasteiger partial charge in [0.05, 0.1) is 6.61 Å². The lowest BCUT2D eigenvalue weighted by atomic mass is 10.1. The van der Waals surface area contributed by atoms with Crippen LogP contribution >= 0.6 is 0 Å². The van der Waals surface area contributed by atoms with Gasteiger partial charge in [0.25, 0.3) is 5.91 Å². The minimum atomic E-state index is -0.482. The van der Waals surface area contributed by atoms with E-state index >= 15 is 0 Å². The van der Waals surface area contributed by atoms with E-state index in [1.165, 1.54) is 6.07 Å². The maximum absolute atomic E-state index is 12.5. The molecule has 0 unspecified atom stereocenters. The maximum Gasteiger partial charge on any atom is 0.259 e. The Morgan fingerprint density at radius 2 is 1.81 bits per heavy atom. The van der Waals surface area contributed by atoms with Gasteiger partial charge in [-0.1, -0.05) is 42.5 Å². The third-order valence-electron chi connectivity index (χ3n) is 4.41. The van der Waals surface area contributed by atoms with Crippen molar-refractivity contribution < 1.29 is 24.2 Å². The van der Waals surface area contributed by atoms with E-state index in [4.69, 9.17) is 9.47 Å². The number of amides is 2. The second kappa shape index (κ2) is 13.5. The van der Waals surface area contributed by atoms with Crippen LogP contribution in [-0.2, 0) is 11.4 Å². The van der Waals surface area contributed by atoms with E-state index in [2.05, 4.69) is 23.8 Å². The van der Waals surface area contributed by atoms with Crippen molar-refractivity contribution in [3.05, 3.63) is 78.9 Å². The fourth-order valence-electron chi connectivity index (χ4n) is 2.80. The second-order valence-electron chi connectivity index (χ2n) is 6.97. The van der Waals surface area contributed by atoms with Gasteiger partial charge in [0.1, 0.15) is 29.4 Å². The van der Waals surface area contributed by atoms with Gasteiger partial charge in [0.15, 0.2) is 0 Å². The monoisotopic (exact) mass is 438 g/mol. The Morgan fingerprint density at radius 1 is 1.03 bits per heavy atom. The lowest BCUT2D eigenvalue weighted by Gasteiger charge is -2.15. The highest BCUT2D eigenvalue weighted by Crippen LogP contribution is 2.34. The smallest absolute Gasteiger partial charge is 0.259 e. The number of hydrogen-bond donors (Lipinski definition) is 3. The van der Waals surface area contributed by atoms with Gasteiger partial charge >= 0.3 is 0 Å². The van der Waals surface area contributed by atoms with Crippen molar-refractivity contribution in [3.8, 4) is 17.2 Å². The van der Waals surface area contributed by atoms with E-state index in [9.17, 15) is 14.7 Å². The zero-order valence-corrected chi connectivity index (χ0v) is 18.1. The summed E-state index contributed by atoms with van der Waals surface area (Å²) in [6, 6.07) is 12.6. The molecule has 170 valence electrons. The van der Waals surface area contributed by atoms with Gasteiger partial charge in [0, 0.05) is 31.6 Å². The number of carbonyl (C=O) groups excluding carboxylic acids is 2. The number of allylic oxidation sites excluding steroid dienone is 1. The fourth-order valence-corrected chi connectivity index (χ4v) is 2.80. The molecule has 7 heteroatoms. The van der Waals surface area contributed by atoms with Crippen molar-refractivity contribution >= 4 is 11.8 Å². The normalized spacial score (nSPS) is 10.1. The van der Waals surface area contributed by atoms with Crippen LogP contribution in [-0.4, -0.2) is 36.6 Å². The first-order chi connectivity index (χ1) is 15.5. The molecule has 2 aromatic rings. The standard InChI is InChI=1S/C25H30N2O5/c1-3-5-12-23(29)26-14-9-15-31-22-17-20(32-18-19-10-7-6-8-11-19)16-21(28)24(22)25(30)27-13-4-2/h3-4,6-8,10-11,16-17,28H,1-2,5,9,12-15,18H2,(H,26,29)(H,27,30). The topological polar surface area (TPSA) is 96.9 Å². The molecule has 0 fully saturated rings. The number of benzene rings is 2. The summed E-state index contributed by atoms with van der Waals surface area (Å²) < 4.78 is 11.6. The van der Waals surface area contributed by atoms with E-state index < -0.39 is 5.91 Å². The first kappa shape index (κ1) is 24.5. The number of rotatable bonds is 14. The molecule has 2 aromatic carbocycles. The number of phenols is 1. The maximum atomic E-state index is 12.5. The molecule has 0 aliphatic rings. The number of hydrogen-bond acceptors (Lipinski definition) is 5. The van der Waals surface area contributed by atoms with Crippen LogP contribution in [0.2, 0.25) is 0 Å². The summed E-state index contributed by atoms with van der Waals surface area (Å²) in [6.07, 6.45) is 4.79. The van der Waals surface area contributed by atoms with Crippen molar-refractivity contribution in [3.63, 3.8) is 0 Å². The minimum Gasteiger partial charge on any atom is -0.507 e. The molecule has 0 spiro atoms. The Morgan fingerprint density at radius 3 is 2.53 bits per heavy atom. The number of aromatic hydroxyl groups is 1. The van der Waals surface area contributed by atoms with Crippen LogP contribution in [0.3, 0.4) is 0 Å². The van der Waals surface area contributed by atoms with Crippen molar-refractivity contribution in [2.45, 2.75) is 25.9 Å². The Bertz CT molecular complexity index is 912. The van der Waals surface area contributed by atoms with Crippen LogP contribution in [0, 0.1) is 0 Å². The molecule has 2 amide bonds. The van der Waals surface area contributed by atoms with Crippen LogP contribution in [0.15, 0.2) is 67.8 Å². The molecule has 0 aromatic heterocycles. The molecular formula is C25H30N2O5. The highest BCUT2D eigenvalue weighted by molar-refractivity contribution is 6.00. The average Bonchev–Trinajstić information content (AvgIpc) is 2.80. The lowest BCUT2D eigenvalue weighted by Crippen LogP contribution is -2.26. The van der Waals surface area contributed by atoms with Gasteiger partial charge in [-0.2, -0.15) is 0 Å². The Labute approximate surface area is 188 Å². The van der Waals surface area contributed by atoms with Crippen molar-refractivity contribution in [1.82, 2.24) is 10.6 Å². The van der Waals surface area contributed by atoms with E-state index in [1.54, 1.807) is 18.2 Å². The summed E-state index contributed by atoms with van der Waals surface area (Å²) in [4.78, 5) is 24.2. The van der Waals surface area contributed by atoms with E-state index in [-0.39, 0.29) is 36.1 Å². The SMILES string of the molecule is C=CCCC(=O)NCCCOc1cc(OCc2ccccc2)cc(O)c1C(=O)NCC=C. The molecule has 0 saturated heterocycles. The molecule has 0 heterocycles. The van der Waals surface area contributed by atoms with E-state index in [1.807, 2.05) is 30.3 Å². The second-order valence-corrected chi connectivity index (χ2v) is 6.97. The molecule has 0 aliphatic carbocycles. The lowest BCUT2D eigenvalue weighted by molar-refractivity contribution is -0.121. The molecular weight excluding hydrogens is 408 g/mol. The zero-order valence-electron chi connectivity index (χ0n) is 18.1. The van der Waals surface area contributed by atoms with Gasteiger partial charge < -0.3 is 25.2 Å². The third kappa shape index (κ3) is 8.18. The molecule has 0 atom stereocenters. The highest BCUT2D eigenvalue weighted by Gasteiger charge is 2.19. The molecule has 0 saturated carbocycles. The van der Waals surface area contributed by atoms with E-state index in [0.717, 1.165) is 5.56 Å². The molecule has 32 heavy (non-hydrogen) atoms. The zero-order chi connectivity index (χ0) is 23.2. The van der Waals surface area contributed by atoms with Crippen LogP contribution in [0.25, 0.3) is 0 Å². The van der Waals surface area contributed by atoms with Crippen molar-refractivity contribution in [2.75, 3.05) is 19.7 Å². The van der Waals surface area contributed by atoms with Gasteiger partial charge in [0.2, 0.25) is 5.91 Å². The predicted molar refractivity (Wildman–Crippen MR) is 124 cm³/mol. The molecule has 0 aliphatic heterocycles. The van der Waals surface area contributed by atoms with Crippen LogP contribution in [0.4, 0.5) is 0 Å². The quantitative estimate of drug-likeness (QED) is 0.308. The molecule has 0 radical (unpaired) electrons. The summed E-state index contributed by atoms with van der Waals surface area (Å²) in [6.45, 7) is 8.40. The summed E-state index contributed by atoms with van der Waals surface area (Å²) in [5, 5.41) is 15.9.